The second-order valence-electron chi connectivity index (χ2n) is 6.21. The largest absolute Gasteiger partial charge is 0.497 e. The van der Waals surface area contributed by atoms with Crippen LogP contribution in [0.15, 0.2) is 82.2 Å². The van der Waals surface area contributed by atoms with Gasteiger partial charge in [-0.1, -0.05) is 46.3 Å². The van der Waals surface area contributed by atoms with Crippen LogP contribution in [0.4, 0.5) is 5.69 Å². The summed E-state index contributed by atoms with van der Waals surface area (Å²) >= 11 is 5.00. The summed E-state index contributed by atoms with van der Waals surface area (Å²) < 4.78 is 5.93. The minimum absolute atomic E-state index is 0.129. The van der Waals surface area contributed by atoms with Crippen molar-refractivity contribution >= 4 is 45.1 Å². The first kappa shape index (κ1) is 21.1. The van der Waals surface area contributed by atoms with Gasteiger partial charge in [0.2, 0.25) is 5.91 Å². The topological polar surface area (TPSA) is 55.4 Å². The van der Waals surface area contributed by atoms with Crippen molar-refractivity contribution in [3.63, 3.8) is 0 Å². The van der Waals surface area contributed by atoms with Crippen molar-refractivity contribution in [1.29, 1.82) is 0 Å². The monoisotopic (exact) mass is 469 g/mol. The molecule has 0 heterocycles. The number of carbonyl (C=O) groups is 2. The Bertz CT molecular complexity index is 991. The number of benzene rings is 3. The van der Waals surface area contributed by atoms with Gasteiger partial charge in [-0.15, -0.1) is 11.8 Å². The molecule has 1 amide bonds. The molecular formula is C23H20BrNO3S. The van der Waals surface area contributed by atoms with Crippen molar-refractivity contribution in [2.45, 2.75) is 11.3 Å². The maximum absolute atomic E-state index is 12.9. The maximum atomic E-state index is 12.9. The zero-order valence-electron chi connectivity index (χ0n) is 15.9. The van der Waals surface area contributed by atoms with Crippen molar-refractivity contribution in [3.05, 3.63) is 88.4 Å². The van der Waals surface area contributed by atoms with E-state index < -0.39 is 0 Å². The van der Waals surface area contributed by atoms with E-state index in [0.29, 0.717) is 29.0 Å². The molecule has 0 fully saturated rings. The highest BCUT2D eigenvalue weighted by atomic mass is 79.9. The van der Waals surface area contributed by atoms with Crippen LogP contribution in [-0.4, -0.2) is 24.6 Å². The van der Waals surface area contributed by atoms with Gasteiger partial charge in [0.1, 0.15) is 5.75 Å². The third-order valence-corrected chi connectivity index (χ3v) is 5.70. The molecule has 0 radical (unpaired) electrons. The lowest BCUT2D eigenvalue weighted by Crippen LogP contribution is -2.15. The molecule has 0 unspecified atom stereocenters. The molecule has 29 heavy (non-hydrogen) atoms. The van der Waals surface area contributed by atoms with Gasteiger partial charge in [0.25, 0.3) is 0 Å². The Morgan fingerprint density at radius 3 is 2.41 bits per heavy atom. The molecule has 0 aliphatic heterocycles. The van der Waals surface area contributed by atoms with Gasteiger partial charge in [-0.2, -0.15) is 0 Å². The number of halogens is 1. The molecule has 3 aromatic rings. The van der Waals surface area contributed by atoms with E-state index in [9.17, 15) is 9.59 Å². The van der Waals surface area contributed by atoms with Gasteiger partial charge in [0.15, 0.2) is 5.78 Å². The molecule has 6 heteroatoms. The zero-order valence-corrected chi connectivity index (χ0v) is 18.3. The molecular weight excluding hydrogens is 450 g/mol. The second-order valence-corrected chi connectivity index (χ2v) is 8.29. The van der Waals surface area contributed by atoms with Gasteiger partial charge in [0.05, 0.1) is 12.8 Å². The van der Waals surface area contributed by atoms with E-state index >= 15 is 0 Å². The third-order valence-electron chi connectivity index (χ3n) is 4.19. The molecule has 0 aliphatic rings. The number of hydrogen-bond acceptors (Lipinski definition) is 4. The molecule has 0 bridgehead atoms. The number of nitrogens with one attached hydrogen (secondary N) is 1. The number of ether oxygens (including phenoxy) is 1. The van der Waals surface area contributed by atoms with Crippen LogP contribution in [0, 0.1) is 0 Å². The van der Waals surface area contributed by atoms with Crippen LogP contribution in [0.2, 0.25) is 0 Å². The smallest absolute Gasteiger partial charge is 0.225 e. The molecule has 0 aliphatic carbocycles. The van der Waals surface area contributed by atoms with E-state index in [4.69, 9.17) is 4.74 Å². The highest BCUT2D eigenvalue weighted by Crippen LogP contribution is 2.25. The van der Waals surface area contributed by atoms with E-state index in [1.54, 1.807) is 43.1 Å². The highest BCUT2D eigenvalue weighted by molar-refractivity contribution is 9.10. The van der Waals surface area contributed by atoms with Crippen molar-refractivity contribution < 1.29 is 14.3 Å². The first-order valence-electron chi connectivity index (χ1n) is 9.03. The van der Waals surface area contributed by atoms with Crippen LogP contribution < -0.4 is 10.1 Å². The predicted molar refractivity (Wildman–Crippen MR) is 121 cm³/mol. The average molecular weight is 470 g/mol. The van der Waals surface area contributed by atoms with Crippen LogP contribution in [-0.2, 0) is 4.79 Å². The molecule has 148 valence electrons. The lowest BCUT2D eigenvalue weighted by Gasteiger charge is -2.11. The van der Waals surface area contributed by atoms with E-state index in [-0.39, 0.29) is 11.7 Å². The van der Waals surface area contributed by atoms with Gasteiger partial charge in [-0.25, -0.2) is 0 Å². The molecule has 0 atom stereocenters. The summed E-state index contributed by atoms with van der Waals surface area (Å²) in [6.45, 7) is 0. The fourth-order valence-electron chi connectivity index (χ4n) is 2.70. The summed E-state index contributed by atoms with van der Waals surface area (Å²) in [6.07, 6.45) is 0.339. The van der Waals surface area contributed by atoms with E-state index in [1.165, 1.54) is 0 Å². The van der Waals surface area contributed by atoms with E-state index in [0.717, 1.165) is 15.1 Å². The van der Waals surface area contributed by atoms with Crippen LogP contribution >= 0.6 is 27.7 Å². The van der Waals surface area contributed by atoms with Crippen molar-refractivity contribution in [3.8, 4) is 5.75 Å². The fourth-order valence-corrected chi connectivity index (χ4v) is 3.92. The number of ketones is 1. The second kappa shape index (κ2) is 10.3. The Balaban J connectivity index is 1.63. The molecule has 0 saturated carbocycles. The molecule has 4 nitrogen and oxygen atoms in total. The Kier molecular flexibility index (Phi) is 7.49. The molecule has 0 saturated heterocycles. The number of rotatable bonds is 8. The maximum Gasteiger partial charge on any atom is 0.225 e. The normalized spacial score (nSPS) is 10.4. The van der Waals surface area contributed by atoms with Crippen LogP contribution in [0.25, 0.3) is 0 Å². The van der Waals surface area contributed by atoms with Gasteiger partial charge in [-0.3, -0.25) is 9.59 Å². The highest BCUT2D eigenvalue weighted by Gasteiger charge is 2.16. The van der Waals surface area contributed by atoms with Gasteiger partial charge >= 0.3 is 0 Å². The summed E-state index contributed by atoms with van der Waals surface area (Å²) in [7, 11) is 1.63. The number of methoxy groups -OCH3 is 1. The van der Waals surface area contributed by atoms with Crippen LogP contribution in [0.3, 0.4) is 0 Å². The number of hydrogen-bond donors (Lipinski definition) is 1. The minimum Gasteiger partial charge on any atom is -0.497 e. The molecule has 1 N–H and O–H groups in total. The Morgan fingerprint density at radius 2 is 1.72 bits per heavy atom. The average Bonchev–Trinajstić information content (AvgIpc) is 2.75. The molecule has 0 aromatic heterocycles. The summed E-state index contributed by atoms with van der Waals surface area (Å²) in [5.41, 5.74) is 1.55. The summed E-state index contributed by atoms with van der Waals surface area (Å²) in [5, 5.41) is 2.88. The van der Waals surface area contributed by atoms with Gasteiger partial charge in [-0.05, 0) is 42.5 Å². The number of anilines is 1. The van der Waals surface area contributed by atoms with E-state index in [2.05, 4.69) is 21.2 Å². The Hall–Kier alpha value is -2.57. The number of carbonyl (C=O) groups excluding carboxylic acids is 2. The molecule has 0 spiro atoms. The Labute approximate surface area is 182 Å². The van der Waals surface area contributed by atoms with Crippen molar-refractivity contribution in [2.75, 3.05) is 18.2 Å². The summed E-state index contributed by atoms with van der Waals surface area (Å²) in [4.78, 5) is 26.4. The number of amides is 1. The van der Waals surface area contributed by atoms with Crippen LogP contribution in [0.5, 0.6) is 5.75 Å². The number of thioether (sulfide) groups is 1. The van der Waals surface area contributed by atoms with Crippen molar-refractivity contribution in [1.82, 2.24) is 0 Å². The Morgan fingerprint density at radius 1 is 1.00 bits per heavy atom. The van der Waals surface area contributed by atoms with Crippen molar-refractivity contribution in [2.24, 2.45) is 0 Å². The standard InChI is InChI=1S/C23H20BrNO3S/c1-28-18-8-10-19(11-9-18)29-14-13-22(26)25-21-12-7-17(24)15-20(21)23(27)16-5-3-2-4-6-16/h2-12,15H,13-14H2,1H3,(H,25,26). The lowest BCUT2D eigenvalue weighted by molar-refractivity contribution is -0.115. The van der Waals surface area contributed by atoms with Crippen LogP contribution in [0.1, 0.15) is 22.3 Å². The third kappa shape index (κ3) is 5.95. The minimum atomic E-state index is -0.130. The fraction of sp³-hybridized carbons (Fsp3) is 0.130. The summed E-state index contributed by atoms with van der Waals surface area (Å²) in [5.74, 6) is 1.18. The molecule has 3 aromatic carbocycles. The quantitative estimate of drug-likeness (QED) is 0.334. The van der Waals surface area contributed by atoms with Gasteiger partial charge < -0.3 is 10.1 Å². The SMILES string of the molecule is COc1ccc(SCCC(=O)Nc2ccc(Br)cc2C(=O)c2ccccc2)cc1. The first-order valence-corrected chi connectivity index (χ1v) is 10.8. The van der Waals surface area contributed by atoms with Gasteiger partial charge in [0, 0.05) is 32.7 Å². The molecule has 3 rings (SSSR count). The zero-order chi connectivity index (χ0) is 20.6. The first-order chi connectivity index (χ1) is 14.1. The van der Waals surface area contributed by atoms with E-state index in [1.807, 2.05) is 48.5 Å². The predicted octanol–water partition coefficient (Wildman–Crippen LogP) is 5.81. The summed E-state index contributed by atoms with van der Waals surface area (Å²) in [6, 6.07) is 22.0. The lowest BCUT2D eigenvalue weighted by atomic mass is 10.0.